The van der Waals surface area contributed by atoms with Crippen LogP contribution in [-0.4, -0.2) is 145 Å². The third kappa shape index (κ3) is 18.0. The van der Waals surface area contributed by atoms with Crippen LogP contribution >= 0.6 is 0 Å². The number of hydrogen-bond acceptors (Lipinski definition) is 8. The molecule has 50 heavy (non-hydrogen) atoms. The summed E-state index contributed by atoms with van der Waals surface area (Å²) in [5, 5.41) is 0. The Kier molecular flexibility index (Phi) is 19.7. The molecular formula is C40H62N2O8+2. The topological polar surface area (TPSA) is 73.8 Å². The van der Waals surface area contributed by atoms with Crippen molar-refractivity contribution < 1.29 is 46.9 Å². The monoisotopic (exact) mass is 698 g/mol. The van der Waals surface area contributed by atoms with E-state index < -0.39 is 0 Å². The highest BCUT2D eigenvalue weighted by Crippen LogP contribution is 2.31. The van der Waals surface area contributed by atoms with Gasteiger partial charge < -0.3 is 46.9 Å². The smallest absolute Gasteiger partial charge is 0.136 e. The summed E-state index contributed by atoms with van der Waals surface area (Å²) in [5.41, 5.74) is 3.10. The Balaban J connectivity index is 2.48. The maximum atomic E-state index is 6.34. The normalized spacial score (nSPS) is 11.3. The number of ether oxygens (including phenoxy) is 8. The van der Waals surface area contributed by atoms with E-state index in [1.165, 1.54) is 0 Å². The molecule has 0 spiro atoms. The van der Waals surface area contributed by atoms with Crippen molar-refractivity contribution in [3.8, 4) is 46.7 Å². The highest BCUT2D eigenvalue weighted by atomic mass is 16.5. The van der Waals surface area contributed by atoms with Crippen molar-refractivity contribution in [1.29, 1.82) is 0 Å². The third-order valence-corrected chi connectivity index (χ3v) is 7.25. The van der Waals surface area contributed by atoms with Gasteiger partial charge in [-0.15, -0.1) is 5.92 Å². The quantitative estimate of drug-likeness (QED) is 0.0881. The summed E-state index contributed by atoms with van der Waals surface area (Å²) >= 11 is 0. The summed E-state index contributed by atoms with van der Waals surface area (Å²) < 4.78 is 48.1. The first-order chi connectivity index (χ1) is 23.9. The molecule has 0 saturated carbocycles. The molecule has 2 aromatic carbocycles. The van der Waals surface area contributed by atoms with Crippen molar-refractivity contribution in [2.45, 2.75) is 26.7 Å². The van der Waals surface area contributed by atoms with Gasteiger partial charge in [0.2, 0.25) is 0 Å². The zero-order valence-electron chi connectivity index (χ0n) is 32.4. The molecule has 0 atom stereocenters. The van der Waals surface area contributed by atoms with Gasteiger partial charge in [-0.2, -0.15) is 0 Å². The maximum Gasteiger partial charge on any atom is 0.136 e. The van der Waals surface area contributed by atoms with Crippen molar-refractivity contribution in [2.24, 2.45) is 0 Å². The molecule has 0 saturated heterocycles. The van der Waals surface area contributed by atoms with E-state index >= 15 is 0 Å². The van der Waals surface area contributed by atoms with Gasteiger partial charge in [0.1, 0.15) is 36.2 Å². The van der Waals surface area contributed by atoms with Gasteiger partial charge >= 0.3 is 0 Å². The van der Waals surface area contributed by atoms with Crippen LogP contribution in [0, 0.1) is 30.6 Å². The number of hydrogen-bond donors (Lipinski definition) is 0. The maximum absolute atomic E-state index is 6.34. The molecule has 0 aliphatic heterocycles. The number of benzene rings is 2. The molecule has 0 N–H and O–H groups in total. The molecule has 0 amide bonds. The van der Waals surface area contributed by atoms with Crippen LogP contribution in [-0.2, 0) is 18.9 Å². The molecule has 2 rings (SSSR count). The van der Waals surface area contributed by atoms with Gasteiger partial charge in [0.15, 0.2) is 0 Å². The van der Waals surface area contributed by atoms with E-state index in [1.54, 1.807) is 21.1 Å². The summed E-state index contributed by atoms with van der Waals surface area (Å²) in [7, 11) is 16.4. The van der Waals surface area contributed by atoms with E-state index in [1.807, 2.05) is 31.2 Å². The molecule has 2 aromatic rings. The summed E-state index contributed by atoms with van der Waals surface area (Å²) in [4.78, 5) is 0. The van der Waals surface area contributed by atoms with Crippen LogP contribution in [0.25, 0.3) is 0 Å². The summed E-state index contributed by atoms with van der Waals surface area (Å²) in [6, 6.07) is 7.76. The first-order valence-corrected chi connectivity index (χ1v) is 17.4. The summed E-state index contributed by atoms with van der Waals surface area (Å²) in [5.74, 6) is 15.6. The van der Waals surface area contributed by atoms with E-state index in [0.29, 0.717) is 88.7 Å². The molecule has 0 heterocycles. The Morgan fingerprint density at radius 3 is 1.30 bits per heavy atom. The van der Waals surface area contributed by atoms with E-state index in [9.17, 15) is 0 Å². The van der Waals surface area contributed by atoms with Gasteiger partial charge in [-0.25, -0.2) is 0 Å². The van der Waals surface area contributed by atoms with Crippen LogP contribution < -0.4 is 18.9 Å². The second-order valence-electron chi connectivity index (χ2n) is 13.9. The van der Waals surface area contributed by atoms with Crippen molar-refractivity contribution >= 4 is 0 Å². The Morgan fingerprint density at radius 1 is 0.480 bits per heavy atom. The van der Waals surface area contributed by atoms with Gasteiger partial charge in [-0.1, -0.05) is 17.8 Å². The molecule has 278 valence electrons. The number of nitrogens with zero attached hydrogens (tertiary/aromatic N) is 2. The van der Waals surface area contributed by atoms with Crippen molar-refractivity contribution in [2.75, 3.05) is 136 Å². The Hall–Kier alpha value is -3.48. The first kappa shape index (κ1) is 42.7. The lowest BCUT2D eigenvalue weighted by Gasteiger charge is -2.24. The summed E-state index contributed by atoms with van der Waals surface area (Å²) in [6.07, 6.45) is 1.86. The minimum atomic E-state index is 0.335. The lowest BCUT2D eigenvalue weighted by atomic mass is 10.1. The fraction of sp³-hybridized carbons (Fsp3) is 0.600. The fourth-order valence-electron chi connectivity index (χ4n) is 4.65. The minimum Gasteiger partial charge on any atom is -0.493 e. The lowest BCUT2D eigenvalue weighted by Crippen LogP contribution is -2.36. The van der Waals surface area contributed by atoms with Crippen molar-refractivity contribution in [3.05, 3.63) is 46.5 Å². The molecule has 10 heteroatoms. The second-order valence-corrected chi connectivity index (χ2v) is 13.9. The summed E-state index contributed by atoms with van der Waals surface area (Å²) in [6.45, 7) is 10.6. The Labute approximate surface area is 302 Å². The standard InChI is InChI=1S/C40H62N2O8/c1-11-14-34-31-40(50-28-26-46-24-22-44-10)36(32-39(34)49-27-25-45-23-21-43-9)16-15-35-30-37(47-19-12-17-41(3,4)5)33(2)29-38(35)48-20-13-18-42(6,7)8/h29-32H,12-13,17-28H2,1-10H3/q+2. The van der Waals surface area contributed by atoms with E-state index in [4.69, 9.17) is 37.9 Å². The molecule has 0 fully saturated rings. The first-order valence-electron chi connectivity index (χ1n) is 17.4. The average molecular weight is 699 g/mol. The van der Waals surface area contributed by atoms with Crippen molar-refractivity contribution in [1.82, 2.24) is 0 Å². The Morgan fingerprint density at radius 2 is 0.860 bits per heavy atom. The van der Waals surface area contributed by atoms with E-state index in [2.05, 4.69) is 66.0 Å². The zero-order chi connectivity index (χ0) is 36.8. The average Bonchev–Trinajstić information content (AvgIpc) is 3.05. The van der Waals surface area contributed by atoms with E-state index in [-0.39, 0.29) is 0 Å². The van der Waals surface area contributed by atoms with Gasteiger partial charge in [0, 0.05) is 39.2 Å². The predicted molar refractivity (Wildman–Crippen MR) is 199 cm³/mol. The molecule has 0 aliphatic carbocycles. The zero-order valence-corrected chi connectivity index (χ0v) is 32.4. The molecule has 10 nitrogen and oxygen atoms in total. The fourth-order valence-corrected chi connectivity index (χ4v) is 4.65. The van der Waals surface area contributed by atoms with Crippen LogP contribution in [0.5, 0.6) is 23.0 Å². The van der Waals surface area contributed by atoms with Gasteiger partial charge in [-0.3, -0.25) is 0 Å². The van der Waals surface area contributed by atoms with Crippen molar-refractivity contribution in [3.63, 3.8) is 0 Å². The predicted octanol–water partition coefficient (Wildman–Crippen LogP) is 4.80. The van der Waals surface area contributed by atoms with Crippen LogP contribution in [0.15, 0.2) is 24.3 Å². The highest BCUT2D eigenvalue weighted by Gasteiger charge is 2.14. The van der Waals surface area contributed by atoms with Crippen LogP contribution in [0.4, 0.5) is 0 Å². The largest absolute Gasteiger partial charge is 0.493 e. The SMILES string of the molecule is CC#Cc1cc(OCCOCCOC)c(C#Cc2cc(OCCC[N+](C)(C)C)c(C)cc2OCCC[N+](C)(C)C)cc1OCCOCCOC. The van der Waals surface area contributed by atoms with E-state index in [0.717, 1.165) is 57.5 Å². The van der Waals surface area contributed by atoms with Gasteiger partial charge in [0.05, 0.1) is 125 Å². The number of rotatable bonds is 24. The molecule has 0 radical (unpaired) electrons. The van der Waals surface area contributed by atoms with Crippen LogP contribution in [0.3, 0.4) is 0 Å². The lowest BCUT2D eigenvalue weighted by molar-refractivity contribution is -0.870. The van der Waals surface area contributed by atoms with Crippen LogP contribution in [0.2, 0.25) is 0 Å². The molecule has 0 unspecified atom stereocenters. The molecule has 0 aliphatic rings. The number of aryl methyl sites for hydroxylation is 1. The number of methoxy groups -OCH3 is 2. The molecular weight excluding hydrogens is 636 g/mol. The highest BCUT2D eigenvalue weighted by molar-refractivity contribution is 5.61. The van der Waals surface area contributed by atoms with Gasteiger partial charge in [0.25, 0.3) is 0 Å². The third-order valence-electron chi connectivity index (χ3n) is 7.25. The second kappa shape index (κ2) is 23.1. The molecule has 0 bridgehead atoms. The molecule has 0 aromatic heterocycles. The van der Waals surface area contributed by atoms with Crippen LogP contribution in [0.1, 0.15) is 42.0 Å². The van der Waals surface area contributed by atoms with Gasteiger partial charge in [-0.05, 0) is 31.5 Å². The Bertz CT molecular complexity index is 1410. The minimum absolute atomic E-state index is 0.335. The number of quaternary nitrogens is 2.